The maximum atomic E-state index is 12.4. The molecule has 0 saturated carbocycles. The van der Waals surface area contributed by atoms with Crippen LogP contribution in [0.2, 0.25) is 25.7 Å². The van der Waals surface area contributed by atoms with Crippen LogP contribution in [0.3, 0.4) is 0 Å². The molecule has 1 atom stereocenters. The molecule has 0 spiro atoms. The van der Waals surface area contributed by atoms with Crippen molar-refractivity contribution < 1.29 is 13.2 Å². The summed E-state index contributed by atoms with van der Waals surface area (Å²) in [6.45, 7) is 11.7. The Morgan fingerprint density at radius 1 is 1.24 bits per heavy atom. The van der Waals surface area contributed by atoms with Crippen LogP contribution < -0.4 is 0 Å². The number of fused-ring (bicyclic) bond motifs is 1. The van der Waals surface area contributed by atoms with Crippen LogP contribution >= 0.6 is 0 Å². The van der Waals surface area contributed by atoms with E-state index >= 15 is 0 Å². The summed E-state index contributed by atoms with van der Waals surface area (Å²) < 4.78 is 35.7. The summed E-state index contributed by atoms with van der Waals surface area (Å²) in [6, 6.07) is 7.50. The second-order valence-corrected chi connectivity index (χ2v) is 18.7. The zero-order valence-electron chi connectivity index (χ0n) is 22.0. The quantitative estimate of drug-likeness (QED) is 0.284. The molecule has 0 N–H and O–H groups in total. The molecule has 4 heterocycles. The fraction of sp³-hybridized carbons (Fsp3) is 0.520. The lowest BCUT2D eigenvalue weighted by Crippen LogP contribution is -2.67. The molecule has 1 aliphatic heterocycles. The van der Waals surface area contributed by atoms with Crippen LogP contribution in [0.1, 0.15) is 19.4 Å². The highest BCUT2D eigenvalue weighted by Crippen LogP contribution is 2.39. The number of hydrogen-bond donors (Lipinski definition) is 0. The molecule has 3 aromatic rings. The van der Waals surface area contributed by atoms with Gasteiger partial charge in [0.25, 0.3) is 0 Å². The first-order chi connectivity index (χ1) is 17.5. The van der Waals surface area contributed by atoms with Crippen molar-refractivity contribution >= 4 is 29.1 Å². The van der Waals surface area contributed by atoms with Crippen LogP contribution in [0.15, 0.2) is 30.9 Å². The normalized spacial score (nSPS) is 16.7. The molecule has 1 fully saturated rings. The summed E-state index contributed by atoms with van der Waals surface area (Å²) in [4.78, 5) is 4.52. The van der Waals surface area contributed by atoms with E-state index in [1.54, 1.807) is 37.1 Å². The molecule has 0 bridgehead atoms. The molecule has 37 heavy (non-hydrogen) atoms. The number of nitriles is 2. The van der Waals surface area contributed by atoms with Gasteiger partial charge in [0.05, 0.1) is 29.5 Å². The first kappa shape index (κ1) is 27.0. The topological polar surface area (TPSA) is 130 Å². The Morgan fingerprint density at radius 3 is 2.59 bits per heavy atom. The number of rotatable bonds is 10. The zero-order chi connectivity index (χ0) is 27.0. The van der Waals surface area contributed by atoms with Crippen LogP contribution in [-0.4, -0.2) is 65.6 Å². The first-order valence-electron chi connectivity index (χ1n) is 12.3. The summed E-state index contributed by atoms with van der Waals surface area (Å²) in [5, 5.41) is 24.9. The Balaban J connectivity index is 1.67. The van der Waals surface area contributed by atoms with Crippen molar-refractivity contribution in [1.29, 1.82) is 10.5 Å². The minimum Gasteiger partial charge on any atom is -0.361 e. The lowest BCUT2D eigenvalue weighted by Gasteiger charge is -2.50. The van der Waals surface area contributed by atoms with E-state index in [9.17, 15) is 18.9 Å². The van der Waals surface area contributed by atoms with Crippen molar-refractivity contribution in [2.24, 2.45) is 5.92 Å². The Hall–Kier alpha value is -3.03. The third-order valence-electron chi connectivity index (χ3n) is 7.12. The van der Waals surface area contributed by atoms with Crippen molar-refractivity contribution in [1.82, 2.24) is 23.6 Å². The molecule has 0 aliphatic carbocycles. The van der Waals surface area contributed by atoms with E-state index in [0.717, 1.165) is 11.4 Å². The molecule has 3 aromatic heterocycles. The van der Waals surface area contributed by atoms with Crippen molar-refractivity contribution in [3.63, 3.8) is 0 Å². The number of aromatic nitrogens is 4. The third kappa shape index (κ3) is 5.07. The van der Waals surface area contributed by atoms with Gasteiger partial charge in [-0.1, -0.05) is 19.6 Å². The van der Waals surface area contributed by atoms with E-state index in [-0.39, 0.29) is 18.8 Å². The highest BCUT2D eigenvalue weighted by atomic mass is 32.2. The van der Waals surface area contributed by atoms with E-state index in [1.165, 1.54) is 4.31 Å². The Kier molecular flexibility index (Phi) is 7.32. The minimum absolute atomic E-state index is 0.00768. The van der Waals surface area contributed by atoms with E-state index < -0.39 is 29.6 Å². The lowest BCUT2D eigenvalue weighted by atomic mass is 9.80. The second kappa shape index (κ2) is 10.0. The van der Waals surface area contributed by atoms with Gasteiger partial charge in [-0.2, -0.15) is 19.9 Å². The lowest BCUT2D eigenvalue weighted by molar-refractivity contribution is 0.0357. The second-order valence-electron chi connectivity index (χ2n) is 10.8. The molecule has 10 nitrogen and oxygen atoms in total. The molecule has 1 unspecified atom stereocenters. The zero-order valence-corrected chi connectivity index (χ0v) is 23.8. The van der Waals surface area contributed by atoms with Gasteiger partial charge < -0.3 is 9.30 Å². The third-order valence-corrected chi connectivity index (χ3v) is 10.6. The first-order valence-corrected chi connectivity index (χ1v) is 17.7. The summed E-state index contributed by atoms with van der Waals surface area (Å²) in [6.07, 6.45) is 6.93. The van der Waals surface area contributed by atoms with E-state index in [1.807, 2.05) is 16.8 Å². The number of hydrogen-bond acceptors (Lipinski definition) is 7. The number of sulfonamides is 1. The molecule has 196 valence electrons. The van der Waals surface area contributed by atoms with E-state index in [0.29, 0.717) is 35.7 Å². The minimum atomic E-state index is -3.36. The van der Waals surface area contributed by atoms with Gasteiger partial charge in [-0.25, -0.2) is 13.4 Å². The molecular formula is C25H33N7O3SSi. The molecule has 12 heteroatoms. The number of ether oxygens (including phenoxy) is 1. The molecular weight excluding hydrogens is 506 g/mol. The maximum absolute atomic E-state index is 12.4. The van der Waals surface area contributed by atoms with Gasteiger partial charge in [0.15, 0.2) is 0 Å². The predicted molar refractivity (Wildman–Crippen MR) is 144 cm³/mol. The number of pyridine rings is 1. The molecule has 1 saturated heterocycles. The van der Waals surface area contributed by atoms with Crippen molar-refractivity contribution in [3.8, 4) is 23.3 Å². The Labute approximate surface area is 219 Å². The van der Waals surface area contributed by atoms with Gasteiger partial charge in [0.1, 0.15) is 24.0 Å². The van der Waals surface area contributed by atoms with Crippen LogP contribution in [0.25, 0.3) is 22.2 Å². The molecule has 0 amide bonds. The van der Waals surface area contributed by atoms with Crippen LogP contribution in [0.5, 0.6) is 0 Å². The Bertz CT molecular complexity index is 1480. The van der Waals surface area contributed by atoms with Crippen molar-refractivity contribution in [2.75, 3.05) is 25.4 Å². The average Bonchev–Trinajstić information content (AvgIpc) is 3.47. The van der Waals surface area contributed by atoms with Crippen LogP contribution in [-0.2, 0) is 27.0 Å². The Morgan fingerprint density at radius 2 is 1.97 bits per heavy atom. The largest absolute Gasteiger partial charge is 0.361 e. The average molecular weight is 540 g/mol. The highest BCUT2D eigenvalue weighted by molar-refractivity contribution is 7.89. The fourth-order valence-corrected chi connectivity index (χ4v) is 6.52. The van der Waals surface area contributed by atoms with Crippen molar-refractivity contribution in [3.05, 3.63) is 36.4 Å². The van der Waals surface area contributed by atoms with Gasteiger partial charge in [-0.15, -0.1) is 0 Å². The predicted octanol–water partition coefficient (Wildman–Crippen LogP) is 3.60. The molecule has 4 rings (SSSR count). The number of nitrogens with zero attached hydrogens (tertiary/aromatic N) is 7. The molecule has 0 radical (unpaired) electrons. The SMILES string of the molecule is CCS(=O)(=O)N1CC(C(C)C#N)(n2cc(-c3c(C#N)cnc4c3ccn4COCC[Si](C)(C)C)cn2)C1. The van der Waals surface area contributed by atoms with Crippen molar-refractivity contribution in [2.45, 2.75) is 51.8 Å². The highest BCUT2D eigenvalue weighted by Gasteiger charge is 2.53. The van der Waals surface area contributed by atoms with Gasteiger partial charge in [-0.3, -0.25) is 4.68 Å². The van der Waals surface area contributed by atoms with Crippen LogP contribution in [0.4, 0.5) is 0 Å². The summed E-state index contributed by atoms with van der Waals surface area (Å²) >= 11 is 0. The fourth-order valence-electron chi connectivity index (χ4n) is 4.56. The molecule has 1 aliphatic rings. The van der Waals surface area contributed by atoms with Crippen LogP contribution in [0, 0.1) is 28.6 Å². The molecule has 0 aromatic carbocycles. The van der Waals surface area contributed by atoms with Gasteiger partial charge in [0.2, 0.25) is 10.0 Å². The maximum Gasteiger partial charge on any atom is 0.213 e. The van der Waals surface area contributed by atoms with Gasteiger partial charge in [0, 0.05) is 62.9 Å². The summed E-state index contributed by atoms with van der Waals surface area (Å²) in [7, 11) is -4.55. The monoisotopic (exact) mass is 539 g/mol. The summed E-state index contributed by atoms with van der Waals surface area (Å²) in [5.41, 5.74) is 1.76. The smallest absolute Gasteiger partial charge is 0.213 e. The summed E-state index contributed by atoms with van der Waals surface area (Å²) in [5.74, 6) is -0.459. The van der Waals surface area contributed by atoms with Gasteiger partial charge >= 0.3 is 0 Å². The van der Waals surface area contributed by atoms with E-state index in [4.69, 9.17) is 4.74 Å². The van der Waals surface area contributed by atoms with Gasteiger partial charge in [-0.05, 0) is 26.0 Å². The van der Waals surface area contributed by atoms with E-state index in [2.05, 4.69) is 41.9 Å². The standard InChI is InChI=1S/C25H33N7O3SSi/c1-6-36(33,34)31-16-25(17-31,19(2)11-26)32-15-21(14-29-32)23-20(12-27)13-28-24-22(23)7-8-30(24)18-35-9-10-37(3,4)5/h7-8,13-15,19H,6,9-10,16-18H2,1-5H3.